The van der Waals surface area contributed by atoms with Crippen LogP contribution in [0.2, 0.25) is 0 Å². The summed E-state index contributed by atoms with van der Waals surface area (Å²) in [6.45, 7) is 10.3. The summed E-state index contributed by atoms with van der Waals surface area (Å²) in [4.78, 5) is 23.5. The lowest BCUT2D eigenvalue weighted by Crippen LogP contribution is -2.31. The SMILES string of the molecule is CCOC(=O)CC(C(C)C)C(CC)C(=O)OCC. The lowest BCUT2D eigenvalue weighted by molar-refractivity contribution is -0.153. The second-order valence-corrected chi connectivity index (χ2v) is 4.68. The van der Waals surface area contributed by atoms with Crippen LogP contribution in [0.15, 0.2) is 0 Å². The Balaban J connectivity index is 4.72. The molecule has 2 unspecified atom stereocenters. The van der Waals surface area contributed by atoms with E-state index in [1.165, 1.54) is 0 Å². The maximum absolute atomic E-state index is 11.9. The van der Waals surface area contributed by atoms with Gasteiger partial charge in [0.2, 0.25) is 0 Å². The molecule has 4 heteroatoms. The summed E-state index contributed by atoms with van der Waals surface area (Å²) in [5.74, 6) is -0.451. The molecular weight excluding hydrogens is 232 g/mol. The highest BCUT2D eigenvalue weighted by Gasteiger charge is 2.32. The van der Waals surface area contributed by atoms with Crippen molar-refractivity contribution < 1.29 is 19.1 Å². The molecule has 106 valence electrons. The van der Waals surface area contributed by atoms with Gasteiger partial charge in [-0.1, -0.05) is 20.8 Å². The monoisotopic (exact) mass is 258 g/mol. The number of hydrogen-bond donors (Lipinski definition) is 0. The first kappa shape index (κ1) is 16.9. The van der Waals surface area contributed by atoms with E-state index in [0.717, 1.165) is 0 Å². The molecule has 0 aromatic rings. The van der Waals surface area contributed by atoms with Crippen LogP contribution in [0.1, 0.15) is 47.5 Å². The lowest BCUT2D eigenvalue weighted by atomic mass is 9.79. The van der Waals surface area contributed by atoms with Crippen molar-refractivity contribution in [3.63, 3.8) is 0 Å². The molecule has 0 rings (SSSR count). The van der Waals surface area contributed by atoms with Gasteiger partial charge in [-0.2, -0.15) is 0 Å². The van der Waals surface area contributed by atoms with Crippen LogP contribution in [0.3, 0.4) is 0 Å². The predicted molar refractivity (Wildman–Crippen MR) is 70.0 cm³/mol. The van der Waals surface area contributed by atoms with Crippen LogP contribution in [0, 0.1) is 17.8 Å². The summed E-state index contributed by atoms with van der Waals surface area (Å²) in [6, 6.07) is 0. The Bertz CT molecular complexity index is 261. The Morgan fingerprint density at radius 3 is 1.94 bits per heavy atom. The Kier molecular flexibility index (Phi) is 8.42. The summed E-state index contributed by atoms with van der Waals surface area (Å²) in [6.07, 6.45) is 0.962. The average Bonchev–Trinajstić information content (AvgIpc) is 2.29. The van der Waals surface area contributed by atoms with Crippen LogP contribution in [0.25, 0.3) is 0 Å². The summed E-state index contributed by atoms with van der Waals surface area (Å²) in [5.41, 5.74) is 0. The van der Waals surface area contributed by atoms with Gasteiger partial charge in [0.15, 0.2) is 0 Å². The average molecular weight is 258 g/mol. The number of esters is 2. The first-order valence-corrected chi connectivity index (χ1v) is 6.80. The van der Waals surface area contributed by atoms with Gasteiger partial charge in [0, 0.05) is 6.42 Å². The van der Waals surface area contributed by atoms with Gasteiger partial charge in [-0.15, -0.1) is 0 Å². The molecule has 0 bridgehead atoms. The molecule has 0 radical (unpaired) electrons. The van der Waals surface area contributed by atoms with Crippen molar-refractivity contribution >= 4 is 11.9 Å². The Morgan fingerprint density at radius 1 is 1.00 bits per heavy atom. The van der Waals surface area contributed by atoms with Gasteiger partial charge in [-0.05, 0) is 32.1 Å². The van der Waals surface area contributed by atoms with E-state index in [9.17, 15) is 9.59 Å². The largest absolute Gasteiger partial charge is 0.466 e. The predicted octanol–water partition coefficient (Wildman–Crippen LogP) is 2.80. The summed E-state index contributed by atoms with van der Waals surface area (Å²) >= 11 is 0. The van der Waals surface area contributed by atoms with Crippen molar-refractivity contribution in [1.82, 2.24) is 0 Å². The number of carbonyl (C=O) groups excluding carboxylic acids is 2. The van der Waals surface area contributed by atoms with Crippen LogP contribution >= 0.6 is 0 Å². The number of rotatable bonds is 8. The van der Waals surface area contributed by atoms with Crippen molar-refractivity contribution in [2.75, 3.05) is 13.2 Å². The third kappa shape index (κ3) is 5.52. The van der Waals surface area contributed by atoms with E-state index in [1.54, 1.807) is 13.8 Å². The van der Waals surface area contributed by atoms with Gasteiger partial charge in [0.05, 0.1) is 19.1 Å². The minimum atomic E-state index is -0.237. The molecule has 0 saturated heterocycles. The van der Waals surface area contributed by atoms with Crippen molar-refractivity contribution in [3.05, 3.63) is 0 Å². The van der Waals surface area contributed by atoms with Gasteiger partial charge in [-0.3, -0.25) is 9.59 Å². The molecule has 4 nitrogen and oxygen atoms in total. The molecule has 0 spiro atoms. The zero-order chi connectivity index (χ0) is 14.1. The molecule has 2 atom stereocenters. The molecule has 0 saturated carbocycles. The topological polar surface area (TPSA) is 52.6 Å². The first-order valence-electron chi connectivity index (χ1n) is 6.80. The number of hydrogen-bond acceptors (Lipinski definition) is 4. The lowest BCUT2D eigenvalue weighted by Gasteiger charge is -2.27. The molecule has 0 aromatic heterocycles. The molecule has 0 aromatic carbocycles. The fraction of sp³-hybridized carbons (Fsp3) is 0.857. The Labute approximate surface area is 110 Å². The molecule has 0 heterocycles. The maximum atomic E-state index is 11.9. The molecule has 0 aliphatic rings. The van der Waals surface area contributed by atoms with E-state index in [-0.39, 0.29) is 36.1 Å². The quantitative estimate of drug-likeness (QED) is 0.628. The van der Waals surface area contributed by atoms with E-state index in [0.29, 0.717) is 19.6 Å². The molecule has 0 aliphatic heterocycles. The standard InChI is InChI=1S/C14H26O4/c1-6-11(14(16)18-8-3)12(10(4)5)9-13(15)17-7-2/h10-12H,6-9H2,1-5H3. The maximum Gasteiger partial charge on any atom is 0.309 e. The van der Waals surface area contributed by atoms with E-state index in [1.807, 2.05) is 20.8 Å². The van der Waals surface area contributed by atoms with Gasteiger partial charge in [0.25, 0.3) is 0 Å². The summed E-state index contributed by atoms with van der Waals surface area (Å²) < 4.78 is 10.0. The number of ether oxygens (including phenoxy) is 2. The van der Waals surface area contributed by atoms with Crippen LogP contribution < -0.4 is 0 Å². The molecule has 0 aliphatic carbocycles. The van der Waals surface area contributed by atoms with Gasteiger partial charge >= 0.3 is 11.9 Å². The molecule has 18 heavy (non-hydrogen) atoms. The minimum absolute atomic E-state index is 0.0203. The smallest absolute Gasteiger partial charge is 0.309 e. The van der Waals surface area contributed by atoms with Crippen LogP contribution in [0.5, 0.6) is 0 Å². The van der Waals surface area contributed by atoms with Gasteiger partial charge < -0.3 is 9.47 Å². The second kappa shape index (κ2) is 8.95. The minimum Gasteiger partial charge on any atom is -0.466 e. The van der Waals surface area contributed by atoms with Crippen LogP contribution in [0.4, 0.5) is 0 Å². The fourth-order valence-electron chi connectivity index (χ4n) is 2.15. The highest BCUT2D eigenvalue weighted by molar-refractivity contribution is 5.75. The summed E-state index contributed by atoms with van der Waals surface area (Å²) in [7, 11) is 0. The van der Waals surface area contributed by atoms with Crippen molar-refractivity contribution in [2.24, 2.45) is 17.8 Å². The first-order chi connectivity index (χ1) is 8.47. The van der Waals surface area contributed by atoms with E-state index < -0.39 is 0 Å². The van der Waals surface area contributed by atoms with Crippen molar-refractivity contribution in [2.45, 2.75) is 47.5 Å². The van der Waals surface area contributed by atoms with E-state index in [2.05, 4.69) is 0 Å². The molecular formula is C14H26O4. The van der Waals surface area contributed by atoms with E-state index in [4.69, 9.17) is 9.47 Å². The summed E-state index contributed by atoms with van der Waals surface area (Å²) in [5, 5.41) is 0. The van der Waals surface area contributed by atoms with Crippen LogP contribution in [-0.2, 0) is 19.1 Å². The highest BCUT2D eigenvalue weighted by Crippen LogP contribution is 2.28. The number of carbonyl (C=O) groups is 2. The van der Waals surface area contributed by atoms with Crippen LogP contribution in [-0.4, -0.2) is 25.2 Å². The zero-order valence-corrected chi connectivity index (χ0v) is 12.2. The van der Waals surface area contributed by atoms with Gasteiger partial charge in [-0.25, -0.2) is 0 Å². The van der Waals surface area contributed by atoms with Crippen molar-refractivity contribution in [1.29, 1.82) is 0 Å². The fourth-order valence-corrected chi connectivity index (χ4v) is 2.15. The highest BCUT2D eigenvalue weighted by atomic mass is 16.5. The molecule has 0 N–H and O–H groups in total. The normalized spacial score (nSPS) is 14.1. The Morgan fingerprint density at radius 2 is 1.56 bits per heavy atom. The zero-order valence-electron chi connectivity index (χ0n) is 12.2. The Hall–Kier alpha value is -1.06. The third-order valence-electron chi connectivity index (χ3n) is 3.11. The van der Waals surface area contributed by atoms with Gasteiger partial charge in [0.1, 0.15) is 0 Å². The third-order valence-corrected chi connectivity index (χ3v) is 3.11. The molecule has 0 amide bonds. The second-order valence-electron chi connectivity index (χ2n) is 4.68. The molecule has 0 fully saturated rings. The van der Waals surface area contributed by atoms with E-state index >= 15 is 0 Å². The van der Waals surface area contributed by atoms with Crippen molar-refractivity contribution in [3.8, 4) is 0 Å².